The first-order valence-electron chi connectivity index (χ1n) is 8.79. The molecule has 1 aromatic heterocycles. The largest absolute Gasteiger partial charge is 0.461 e. The molecule has 5 heteroatoms. The maximum absolute atomic E-state index is 12.3. The number of carbonyl (C=O) groups excluding carboxylic acids is 1. The second kappa shape index (κ2) is 7.77. The summed E-state index contributed by atoms with van der Waals surface area (Å²) in [4.78, 5) is 18.9. The van der Waals surface area contributed by atoms with Crippen molar-refractivity contribution in [1.82, 2.24) is 4.98 Å². The zero-order valence-electron chi connectivity index (χ0n) is 13.9. The first kappa shape index (κ1) is 16.2. The Labute approximate surface area is 138 Å². The number of hydrogen-bond acceptors (Lipinski definition) is 5. The van der Waals surface area contributed by atoms with Crippen LogP contribution in [-0.2, 0) is 9.47 Å². The van der Waals surface area contributed by atoms with Crippen LogP contribution in [0.4, 0.5) is 5.69 Å². The van der Waals surface area contributed by atoms with E-state index in [4.69, 9.17) is 9.47 Å². The predicted molar refractivity (Wildman–Crippen MR) is 89.1 cm³/mol. The highest BCUT2D eigenvalue weighted by Crippen LogP contribution is 2.34. The van der Waals surface area contributed by atoms with E-state index in [-0.39, 0.29) is 5.97 Å². The fourth-order valence-electron chi connectivity index (χ4n) is 3.53. The first-order chi connectivity index (χ1) is 11.3. The minimum atomic E-state index is -0.329. The second-order valence-corrected chi connectivity index (χ2v) is 6.29. The number of nitrogens with zero attached hydrogens (tertiary/aromatic N) is 2. The van der Waals surface area contributed by atoms with E-state index in [2.05, 4.69) is 16.0 Å². The van der Waals surface area contributed by atoms with Crippen LogP contribution in [0.15, 0.2) is 12.3 Å². The van der Waals surface area contributed by atoms with Crippen molar-refractivity contribution in [2.24, 2.45) is 0 Å². The van der Waals surface area contributed by atoms with Gasteiger partial charge >= 0.3 is 5.97 Å². The second-order valence-electron chi connectivity index (χ2n) is 6.29. The first-order valence-corrected chi connectivity index (χ1v) is 8.79. The van der Waals surface area contributed by atoms with Crippen molar-refractivity contribution in [1.29, 1.82) is 0 Å². The van der Waals surface area contributed by atoms with Gasteiger partial charge in [0.2, 0.25) is 0 Å². The maximum atomic E-state index is 12.3. The van der Waals surface area contributed by atoms with Gasteiger partial charge in [-0.15, -0.1) is 0 Å². The summed E-state index contributed by atoms with van der Waals surface area (Å²) < 4.78 is 10.6. The van der Waals surface area contributed by atoms with E-state index in [1.54, 1.807) is 0 Å². The molecule has 5 nitrogen and oxygen atoms in total. The fraction of sp³-hybridized carbons (Fsp3) is 0.667. The zero-order valence-corrected chi connectivity index (χ0v) is 13.9. The van der Waals surface area contributed by atoms with Gasteiger partial charge in [0, 0.05) is 19.3 Å². The van der Waals surface area contributed by atoms with E-state index >= 15 is 0 Å². The lowest BCUT2D eigenvalue weighted by Gasteiger charge is -2.31. The summed E-state index contributed by atoms with van der Waals surface area (Å²) in [7, 11) is 0. The van der Waals surface area contributed by atoms with Gasteiger partial charge in [-0.1, -0.05) is 19.3 Å². The van der Waals surface area contributed by atoms with E-state index < -0.39 is 0 Å². The number of rotatable bonds is 4. The van der Waals surface area contributed by atoms with Gasteiger partial charge in [-0.2, -0.15) is 0 Å². The number of pyridine rings is 1. The Balaban J connectivity index is 1.90. The maximum Gasteiger partial charge on any atom is 0.359 e. The average Bonchev–Trinajstić information content (AvgIpc) is 2.63. The number of esters is 1. The molecule has 0 radical (unpaired) electrons. The lowest BCUT2D eigenvalue weighted by Crippen LogP contribution is -2.37. The molecule has 0 spiro atoms. The molecule has 3 rings (SSSR count). The average molecular weight is 318 g/mol. The third-order valence-electron chi connectivity index (χ3n) is 4.79. The Hall–Kier alpha value is -1.62. The summed E-state index contributed by atoms with van der Waals surface area (Å²) in [5, 5.41) is 0. The molecule has 1 aromatic rings. The van der Waals surface area contributed by atoms with Gasteiger partial charge in [0.15, 0.2) is 5.69 Å². The van der Waals surface area contributed by atoms with Crippen LogP contribution < -0.4 is 4.90 Å². The van der Waals surface area contributed by atoms with Crippen LogP contribution in [0, 0.1) is 0 Å². The number of anilines is 1. The number of carbonyl (C=O) groups is 1. The summed E-state index contributed by atoms with van der Waals surface area (Å²) in [6, 6.07) is 2.17. The molecule has 1 saturated heterocycles. The molecule has 2 heterocycles. The Morgan fingerprint density at radius 3 is 2.74 bits per heavy atom. The van der Waals surface area contributed by atoms with E-state index in [1.807, 2.05) is 13.1 Å². The van der Waals surface area contributed by atoms with Crippen LogP contribution in [-0.4, -0.2) is 43.9 Å². The molecule has 0 unspecified atom stereocenters. The van der Waals surface area contributed by atoms with Gasteiger partial charge in [-0.3, -0.25) is 0 Å². The summed E-state index contributed by atoms with van der Waals surface area (Å²) in [5.41, 5.74) is 2.61. The highest BCUT2D eigenvalue weighted by atomic mass is 16.5. The van der Waals surface area contributed by atoms with Crippen molar-refractivity contribution in [2.75, 3.05) is 37.8 Å². The number of aromatic nitrogens is 1. The van der Waals surface area contributed by atoms with E-state index in [0.717, 1.165) is 18.8 Å². The minimum absolute atomic E-state index is 0.329. The minimum Gasteiger partial charge on any atom is -0.461 e. The molecule has 1 aliphatic carbocycles. The quantitative estimate of drug-likeness (QED) is 0.798. The molecular formula is C18H26N2O3. The standard InChI is InChI=1S/C18H26N2O3/c1-2-23-18(21)17-16(20-8-10-22-11-9-20)12-15(13-19-17)14-6-4-3-5-7-14/h12-14H,2-11H2,1H3. The Morgan fingerprint density at radius 1 is 1.30 bits per heavy atom. The van der Waals surface area contributed by atoms with Crippen LogP contribution in [0.1, 0.15) is 61.0 Å². The smallest absolute Gasteiger partial charge is 0.359 e. The van der Waals surface area contributed by atoms with Gasteiger partial charge < -0.3 is 14.4 Å². The Bertz CT molecular complexity index is 535. The molecule has 126 valence electrons. The summed E-state index contributed by atoms with van der Waals surface area (Å²) in [5.74, 6) is 0.247. The van der Waals surface area contributed by atoms with E-state index in [9.17, 15) is 4.79 Å². The van der Waals surface area contributed by atoms with Gasteiger partial charge in [-0.25, -0.2) is 9.78 Å². The van der Waals surface area contributed by atoms with Gasteiger partial charge in [-0.05, 0) is 37.3 Å². The van der Waals surface area contributed by atoms with Gasteiger partial charge in [0.05, 0.1) is 25.5 Å². The van der Waals surface area contributed by atoms with Crippen LogP contribution in [0.3, 0.4) is 0 Å². The molecule has 2 aliphatic rings. The zero-order chi connectivity index (χ0) is 16.1. The molecular weight excluding hydrogens is 292 g/mol. The van der Waals surface area contributed by atoms with Crippen molar-refractivity contribution >= 4 is 11.7 Å². The van der Waals surface area contributed by atoms with Gasteiger partial charge in [0.25, 0.3) is 0 Å². The van der Waals surface area contributed by atoms with Crippen molar-refractivity contribution in [3.63, 3.8) is 0 Å². The summed E-state index contributed by atoms with van der Waals surface area (Å²) in [6.07, 6.45) is 8.24. The third-order valence-corrected chi connectivity index (χ3v) is 4.79. The van der Waals surface area contributed by atoms with E-state index in [1.165, 1.54) is 37.7 Å². The molecule has 1 aliphatic heterocycles. The Kier molecular flexibility index (Phi) is 5.49. The lowest BCUT2D eigenvalue weighted by atomic mass is 9.84. The van der Waals surface area contributed by atoms with Crippen molar-refractivity contribution in [2.45, 2.75) is 44.9 Å². The molecule has 0 amide bonds. The number of morpholine rings is 1. The Morgan fingerprint density at radius 2 is 2.04 bits per heavy atom. The van der Waals surface area contributed by atoms with Crippen LogP contribution in [0.25, 0.3) is 0 Å². The molecule has 0 aromatic carbocycles. The fourth-order valence-corrected chi connectivity index (χ4v) is 3.53. The monoisotopic (exact) mass is 318 g/mol. The molecule has 2 fully saturated rings. The van der Waals surface area contributed by atoms with Gasteiger partial charge in [0.1, 0.15) is 0 Å². The highest BCUT2D eigenvalue weighted by Gasteiger charge is 2.24. The molecule has 23 heavy (non-hydrogen) atoms. The molecule has 0 N–H and O–H groups in total. The molecule has 0 bridgehead atoms. The highest BCUT2D eigenvalue weighted by molar-refractivity contribution is 5.93. The molecule has 0 atom stereocenters. The van der Waals surface area contributed by atoms with Crippen molar-refractivity contribution in [3.8, 4) is 0 Å². The normalized spacial score (nSPS) is 19.6. The third kappa shape index (κ3) is 3.83. The van der Waals surface area contributed by atoms with Crippen molar-refractivity contribution < 1.29 is 14.3 Å². The summed E-state index contributed by atoms with van der Waals surface area (Å²) in [6.45, 7) is 5.16. The molecule has 1 saturated carbocycles. The topological polar surface area (TPSA) is 51.7 Å². The van der Waals surface area contributed by atoms with Crippen LogP contribution >= 0.6 is 0 Å². The lowest BCUT2D eigenvalue weighted by molar-refractivity contribution is 0.0519. The predicted octanol–water partition coefficient (Wildman–Crippen LogP) is 3.14. The van der Waals surface area contributed by atoms with Crippen LogP contribution in [0.5, 0.6) is 0 Å². The number of hydrogen-bond donors (Lipinski definition) is 0. The van der Waals surface area contributed by atoms with E-state index in [0.29, 0.717) is 31.4 Å². The van der Waals surface area contributed by atoms with Crippen molar-refractivity contribution in [3.05, 3.63) is 23.5 Å². The SMILES string of the molecule is CCOC(=O)c1ncc(C2CCCCC2)cc1N1CCOCC1. The summed E-state index contributed by atoms with van der Waals surface area (Å²) >= 11 is 0. The number of ether oxygens (including phenoxy) is 2. The van der Waals surface area contributed by atoms with Crippen LogP contribution in [0.2, 0.25) is 0 Å².